The predicted octanol–water partition coefficient (Wildman–Crippen LogP) is 6.96. The van der Waals surface area contributed by atoms with Crippen LogP contribution in [0.3, 0.4) is 0 Å². The lowest BCUT2D eigenvalue weighted by atomic mass is 9.99. The van der Waals surface area contributed by atoms with Crippen molar-refractivity contribution >= 4 is 26.5 Å². The molecule has 0 N–H and O–H groups in total. The lowest BCUT2D eigenvalue weighted by Crippen LogP contribution is -2.68. The van der Waals surface area contributed by atoms with E-state index in [4.69, 9.17) is 27.5 Å². The molecule has 2 aromatic rings. The Morgan fingerprint density at radius 2 is 1.43 bits per heavy atom. The van der Waals surface area contributed by atoms with Gasteiger partial charge >= 0.3 is 7.82 Å². The molecule has 5 rings (SSSR count). The fourth-order valence-electron chi connectivity index (χ4n) is 6.90. The Balaban J connectivity index is 1.52. The number of ether oxygens (including phenoxy) is 2. The summed E-state index contributed by atoms with van der Waals surface area (Å²) in [6, 6.07) is 21.4. The topological polar surface area (TPSA) is 72.5 Å². The Bertz CT molecular complexity index is 1250. The SMILES string of the molecule is CC(C)OP(=O)(O/C=C/C12C[C@@H]1[C@H](O[Si](c1ccccc1)(c1ccccc1)C(C)(C)C)[C@@H]1OC(C)(C)O[C@@H]12)OC(C)C. The van der Waals surface area contributed by atoms with Crippen molar-refractivity contribution in [1.82, 2.24) is 0 Å². The van der Waals surface area contributed by atoms with Gasteiger partial charge in [0.2, 0.25) is 0 Å². The minimum absolute atomic E-state index is 0.154. The zero-order chi connectivity index (χ0) is 30.6. The van der Waals surface area contributed by atoms with E-state index < -0.39 is 21.9 Å². The van der Waals surface area contributed by atoms with Gasteiger partial charge in [-0.2, -0.15) is 0 Å². The average molecular weight is 615 g/mol. The summed E-state index contributed by atoms with van der Waals surface area (Å²) in [6.45, 7) is 18.0. The monoisotopic (exact) mass is 614 g/mol. The van der Waals surface area contributed by atoms with Crippen molar-refractivity contribution in [1.29, 1.82) is 0 Å². The van der Waals surface area contributed by atoms with Gasteiger partial charge in [-0.1, -0.05) is 81.4 Å². The smallest absolute Gasteiger partial charge is 0.412 e. The Hall–Kier alpha value is -1.77. The van der Waals surface area contributed by atoms with E-state index in [1.54, 1.807) is 27.7 Å². The number of hydrogen-bond acceptors (Lipinski definition) is 7. The number of rotatable bonds is 11. The summed E-state index contributed by atoms with van der Waals surface area (Å²) in [7, 11) is -6.63. The highest BCUT2D eigenvalue weighted by Crippen LogP contribution is 2.70. The van der Waals surface area contributed by atoms with E-state index in [-0.39, 0.29) is 46.9 Å². The maximum atomic E-state index is 13.3. The second kappa shape index (κ2) is 11.3. The quantitative estimate of drug-likeness (QED) is 0.154. The van der Waals surface area contributed by atoms with Gasteiger partial charge in [-0.25, -0.2) is 4.57 Å². The zero-order valence-corrected chi connectivity index (χ0v) is 28.3. The van der Waals surface area contributed by atoms with Crippen molar-refractivity contribution in [3.63, 3.8) is 0 Å². The van der Waals surface area contributed by atoms with E-state index in [9.17, 15) is 4.57 Å². The third-order valence-corrected chi connectivity index (χ3v) is 15.2. The highest BCUT2D eigenvalue weighted by molar-refractivity contribution is 7.48. The average Bonchev–Trinajstić information content (AvgIpc) is 3.43. The zero-order valence-electron chi connectivity index (χ0n) is 26.4. The van der Waals surface area contributed by atoms with E-state index in [0.29, 0.717) is 0 Å². The van der Waals surface area contributed by atoms with Gasteiger partial charge in [0.15, 0.2) is 5.79 Å². The molecule has 1 saturated heterocycles. The van der Waals surface area contributed by atoms with Crippen molar-refractivity contribution in [2.45, 2.75) is 110 Å². The van der Waals surface area contributed by atoms with E-state index in [0.717, 1.165) is 6.42 Å². The second-order valence-electron chi connectivity index (χ2n) is 13.9. The molecule has 3 aliphatic rings. The standard InChI is InChI=1S/C33H47O7PSi/c1-23(2)38-41(34,39-24(3)4)35-21-20-33-22-27(33)28(29-30(33)37-32(8,9)36-29)40-42(31(5,6)7,25-16-12-10-13-17-25)26-18-14-11-15-19-26/h10-21,23-24,27-30H,22H2,1-9H3/b21-20+/t27-,28+,29+,30+,33?/m1/s1. The molecule has 0 aromatic heterocycles. The van der Waals surface area contributed by atoms with Crippen LogP contribution < -0.4 is 10.4 Å². The summed E-state index contributed by atoms with van der Waals surface area (Å²) in [5.41, 5.74) is -0.366. The summed E-state index contributed by atoms with van der Waals surface area (Å²) in [5, 5.41) is 2.29. The van der Waals surface area contributed by atoms with Crippen LogP contribution in [0.5, 0.6) is 0 Å². The van der Waals surface area contributed by atoms with Crippen molar-refractivity contribution in [3.05, 3.63) is 73.0 Å². The van der Waals surface area contributed by atoms with Gasteiger partial charge in [-0.15, -0.1) is 0 Å². The second-order valence-corrected chi connectivity index (χ2v) is 19.6. The molecule has 1 aliphatic heterocycles. The molecule has 3 fully saturated rings. The molecule has 42 heavy (non-hydrogen) atoms. The molecule has 2 saturated carbocycles. The largest absolute Gasteiger partial charge is 0.529 e. The van der Waals surface area contributed by atoms with Crippen LogP contribution in [0.25, 0.3) is 0 Å². The van der Waals surface area contributed by atoms with Crippen molar-refractivity contribution < 1.29 is 32.0 Å². The summed E-state index contributed by atoms with van der Waals surface area (Å²) in [4.78, 5) is 0. The number of hydrogen-bond donors (Lipinski definition) is 0. The fraction of sp³-hybridized carbons (Fsp3) is 0.576. The first-order chi connectivity index (χ1) is 19.6. The van der Waals surface area contributed by atoms with E-state index in [1.807, 2.05) is 19.9 Å². The number of fused-ring (bicyclic) bond motifs is 3. The fourth-order valence-corrected chi connectivity index (χ4v) is 13.0. The van der Waals surface area contributed by atoms with Crippen LogP contribution in [0, 0.1) is 11.3 Å². The summed E-state index contributed by atoms with van der Waals surface area (Å²) >= 11 is 0. The van der Waals surface area contributed by atoms with Crippen molar-refractivity contribution in [3.8, 4) is 0 Å². The lowest BCUT2D eigenvalue weighted by molar-refractivity contribution is -0.164. The van der Waals surface area contributed by atoms with Crippen LogP contribution in [0.15, 0.2) is 73.0 Å². The van der Waals surface area contributed by atoms with E-state index in [2.05, 4.69) is 81.4 Å². The minimum Gasteiger partial charge on any atom is -0.412 e. The number of benzene rings is 2. The van der Waals surface area contributed by atoms with Gasteiger partial charge in [0.05, 0.1) is 30.7 Å². The molecule has 5 atom stereocenters. The Morgan fingerprint density at radius 3 is 1.90 bits per heavy atom. The van der Waals surface area contributed by atoms with Gasteiger partial charge in [0, 0.05) is 5.41 Å². The van der Waals surface area contributed by atoms with Gasteiger partial charge in [0.1, 0.15) is 6.10 Å². The van der Waals surface area contributed by atoms with Gasteiger partial charge in [-0.3, -0.25) is 9.05 Å². The molecular formula is C33H47O7PSi. The Labute approximate surface area is 252 Å². The molecular weight excluding hydrogens is 567 g/mol. The van der Waals surface area contributed by atoms with Crippen LogP contribution in [0.2, 0.25) is 5.04 Å². The summed E-state index contributed by atoms with van der Waals surface area (Å²) in [6.07, 6.45) is 3.02. The molecule has 2 aromatic carbocycles. The third-order valence-electron chi connectivity index (χ3n) is 8.46. The summed E-state index contributed by atoms with van der Waals surface area (Å²) in [5.74, 6) is -0.601. The van der Waals surface area contributed by atoms with Crippen LogP contribution >= 0.6 is 7.82 Å². The van der Waals surface area contributed by atoms with Crippen molar-refractivity contribution in [2.75, 3.05) is 0 Å². The van der Waals surface area contributed by atoms with Crippen LogP contribution in [-0.2, 0) is 32.0 Å². The highest BCUT2D eigenvalue weighted by atomic mass is 31.2. The molecule has 0 spiro atoms. The predicted molar refractivity (Wildman–Crippen MR) is 167 cm³/mol. The van der Waals surface area contributed by atoms with Gasteiger partial charge < -0.3 is 18.4 Å². The Kier molecular flexibility index (Phi) is 8.51. The molecule has 0 radical (unpaired) electrons. The van der Waals surface area contributed by atoms with Crippen LogP contribution in [-0.4, -0.2) is 44.6 Å². The first-order valence-corrected chi connectivity index (χ1v) is 18.5. The normalized spacial score (nSPS) is 28.8. The summed E-state index contributed by atoms with van der Waals surface area (Å²) < 4.78 is 51.0. The first kappa shape index (κ1) is 31.6. The molecule has 1 unspecified atom stereocenters. The maximum Gasteiger partial charge on any atom is 0.529 e. The lowest BCUT2D eigenvalue weighted by Gasteiger charge is -2.45. The molecule has 0 bridgehead atoms. The molecule has 230 valence electrons. The van der Waals surface area contributed by atoms with E-state index >= 15 is 0 Å². The highest BCUT2D eigenvalue weighted by Gasteiger charge is 2.76. The van der Waals surface area contributed by atoms with Gasteiger partial charge in [0.25, 0.3) is 8.32 Å². The van der Waals surface area contributed by atoms with Crippen molar-refractivity contribution in [2.24, 2.45) is 11.3 Å². The van der Waals surface area contributed by atoms with Crippen LogP contribution in [0.1, 0.15) is 68.7 Å². The van der Waals surface area contributed by atoms with E-state index in [1.165, 1.54) is 16.6 Å². The molecule has 2 aliphatic carbocycles. The molecule has 9 heteroatoms. The molecule has 7 nitrogen and oxygen atoms in total. The van der Waals surface area contributed by atoms with Gasteiger partial charge in [-0.05, 0) is 75.4 Å². The Morgan fingerprint density at radius 1 is 0.905 bits per heavy atom. The number of phosphoric ester groups is 1. The maximum absolute atomic E-state index is 13.3. The molecule has 0 amide bonds. The first-order valence-electron chi connectivity index (χ1n) is 15.1. The number of phosphoric acid groups is 1. The van der Waals surface area contributed by atoms with Crippen LogP contribution in [0.4, 0.5) is 0 Å². The third kappa shape index (κ3) is 5.84. The molecule has 1 heterocycles. The minimum atomic E-state index is -3.79.